The van der Waals surface area contributed by atoms with Crippen LogP contribution in [0.25, 0.3) is 0 Å². The largest absolute Gasteiger partial charge is 0.325 e. The summed E-state index contributed by atoms with van der Waals surface area (Å²) in [7, 11) is 0. The zero-order chi connectivity index (χ0) is 13.1. The van der Waals surface area contributed by atoms with Gasteiger partial charge in [0.15, 0.2) is 0 Å². The molecule has 2 nitrogen and oxygen atoms in total. The third kappa shape index (κ3) is 3.80. The second-order valence-corrected chi connectivity index (χ2v) is 6.61. The Morgan fingerprint density at radius 2 is 1.79 bits per heavy atom. The van der Waals surface area contributed by atoms with Crippen LogP contribution in [0.2, 0.25) is 0 Å². The highest BCUT2D eigenvalue weighted by molar-refractivity contribution is 5.14. The average molecular weight is 258 g/mol. The van der Waals surface area contributed by atoms with Gasteiger partial charge in [0.1, 0.15) is 0 Å². The summed E-state index contributed by atoms with van der Waals surface area (Å²) in [5.41, 5.74) is 7.88. The van der Waals surface area contributed by atoms with Crippen molar-refractivity contribution in [1.82, 2.24) is 4.90 Å². The first-order valence-electron chi connectivity index (χ1n) is 7.79. The highest BCUT2D eigenvalue weighted by Crippen LogP contribution is 2.38. The number of nitrogens with zero attached hydrogens (tertiary/aromatic N) is 1. The fourth-order valence-corrected chi connectivity index (χ4v) is 3.18. The number of benzene rings is 1. The Bertz CT molecular complexity index is 389. The number of hydrogen-bond donors (Lipinski definition) is 1. The van der Waals surface area contributed by atoms with E-state index < -0.39 is 0 Å². The van der Waals surface area contributed by atoms with Gasteiger partial charge < -0.3 is 5.73 Å². The quantitative estimate of drug-likeness (QED) is 0.879. The Balaban J connectivity index is 1.39. The molecule has 1 heterocycles. The number of likely N-dealkylation sites (tertiary alicyclic amines) is 1. The minimum atomic E-state index is 0.251. The molecule has 0 amide bonds. The number of nitrogens with two attached hydrogens (primary N) is 1. The van der Waals surface area contributed by atoms with E-state index in [0.29, 0.717) is 0 Å². The Kier molecular flexibility index (Phi) is 3.90. The molecule has 2 fully saturated rings. The van der Waals surface area contributed by atoms with Gasteiger partial charge in [0.25, 0.3) is 0 Å². The summed E-state index contributed by atoms with van der Waals surface area (Å²) < 4.78 is 0. The zero-order valence-corrected chi connectivity index (χ0v) is 11.9. The van der Waals surface area contributed by atoms with Gasteiger partial charge in [0, 0.05) is 12.1 Å². The lowest BCUT2D eigenvalue weighted by Gasteiger charge is -2.32. The van der Waals surface area contributed by atoms with Crippen LogP contribution >= 0.6 is 0 Å². The predicted molar refractivity (Wildman–Crippen MR) is 79.8 cm³/mol. The van der Waals surface area contributed by atoms with E-state index in [9.17, 15) is 0 Å². The lowest BCUT2D eigenvalue weighted by Crippen LogP contribution is -2.34. The maximum atomic E-state index is 6.18. The van der Waals surface area contributed by atoms with Crippen molar-refractivity contribution >= 4 is 0 Å². The third-order valence-electron chi connectivity index (χ3n) is 4.90. The number of rotatable bonds is 5. The molecule has 0 atom stereocenters. The zero-order valence-electron chi connectivity index (χ0n) is 11.9. The van der Waals surface area contributed by atoms with Crippen molar-refractivity contribution in [2.75, 3.05) is 13.1 Å². The van der Waals surface area contributed by atoms with Crippen LogP contribution in [-0.4, -0.2) is 23.5 Å². The molecule has 19 heavy (non-hydrogen) atoms. The minimum Gasteiger partial charge on any atom is -0.325 e. The van der Waals surface area contributed by atoms with Gasteiger partial charge in [-0.05, 0) is 63.1 Å². The van der Waals surface area contributed by atoms with Crippen molar-refractivity contribution < 1.29 is 0 Å². The van der Waals surface area contributed by atoms with Crippen LogP contribution in [0.15, 0.2) is 30.3 Å². The van der Waals surface area contributed by atoms with Crippen molar-refractivity contribution in [3.8, 4) is 0 Å². The van der Waals surface area contributed by atoms with Crippen LogP contribution in [0.5, 0.6) is 0 Å². The van der Waals surface area contributed by atoms with E-state index in [-0.39, 0.29) is 5.54 Å². The molecule has 0 bridgehead atoms. The SMILES string of the molecule is NC1(CCC2CCN(Cc3ccccc3)CC2)CC1. The molecular weight excluding hydrogens is 232 g/mol. The summed E-state index contributed by atoms with van der Waals surface area (Å²) in [6.45, 7) is 3.64. The molecule has 2 heteroatoms. The summed E-state index contributed by atoms with van der Waals surface area (Å²) in [5, 5.41) is 0. The van der Waals surface area contributed by atoms with Crippen LogP contribution in [-0.2, 0) is 6.54 Å². The van der Waals surface area contributed by atoms with E-state index in [2.05, 4.69) is 35.2 Å². The van der Waals surface area contributed by atoms with Gasteiger partial charge in [0.05, 0.1) is 0 Å². The van der Waals surface area contributed by atoms with E-state index in [1.807, 2.05) is 0 Å². The molecule has 1 aromatic carbocycles. The maximum absolute atomic E-state index is 6.18. The first-order valence-corrected chi connectivity index (χ1v) is 7.79. The Hall–Kier alpha value is -0.860. The predicted octanol–water partition coefficient (Wildman–Crippen LogP) is 3.17. The van der Waals surface area contributed by atoms with Crippen molar-refractivity contribution in [3.05, 3.63) is 35.9 Å². The van der Waals surface area contributed by atoms with Gasteiger partial charge in [-0.25, -0.2) is 0 Å². The van der Waals surface area contributed by atoms with Gasteiger partial charge in [-0.3, -0.25) is 4.90 Å². The summed E-state index contributed by atoms with van der Waals surface area (Å²) in [4.78, 5) is 2.60. The van der Waals surface area contributed by atoms with E-state index in [4.69, 9.17) is 5.73 Å². The molecule has 2 N–H and O–H groups in total. The first kappa shape index (κ1) is 13.1. The lowest BCUT2D eigenvalue weighted by atomic mass is 9.90. The monoisotopic (exact) mass is 258 g/mol. The van der Waals surface area contributed by atoms with E-state index in [0.717, 1.165) is 12.5 Å². The van der Waals surface area contributed by atoms with Crippen LogP contribution in [0.4, 0.5) is 0 Å². The molecule has 3 rings (SSSR count). The van der Waals surface area contributed by atoms with Gasteiger partial charge in [-0.2, -0.15) is 0 Å². The van der Waals surface area contributed by atoms with Crippen molar-refractivity contribution in [2.24, 2.45) is 11.7 Å². The van der Waals surface area contributed by atoms with Crippen LogP contribution in [0.3, 0.4) is 0 Å². The van der Waals surface area contributed by atoms with Gasteiger partial charge in [0.2, 0.25) is 0 Å². The molecule has 1 saturated heterocycles. The highest BCUT2D eigenvalue weighted by atomic mass is 15.1. The smallest absolute Gasteiger partial charge is 0.0233 e. The Labute approximate surface area is 117 Å². The van der Waals surface area contributed by atoms with Crippen molar-refractivity contribution in [2.45, 2.75) is 50.6 Å². The van der Waals surface area contributed by atoms with E-state index in [1.165, 1.54) is 57.2 Å². The van der Waals surface area contributed by atoms with Crippen LogP contribution in [0, 0.1) is 5.92 Å². The van der Waals surface area contributed by atoms with Crippen LogP contribution in [0.1, 0.15) is 44.1 Å². The number of piperidine rings is 1. The maximum Gasteiger partial charge on any atom is 0.0233 e. The van der Waals surface area contributed by atoms with Gasteiger partial charge in [-0.1, -0.05) is 30.3 Å². The Morgan fingerprint density at radius 3 is 2.42 bits per heavy atom. The molecule has 0 unspecified atom stereocenters. The topological polar surface area (TPSA) is 29.3 Å². The highest BCUT2D eigenvalue weighted by Gasteiger charge is 2.38. The summed E-state index contributed by atoms with van der Waals surface area (Å²) in [5.74, 6) is 0.924. The second kappa shape index (κ2) is 5.64. The minimum absolute atomic E-state index is 0.251. The Morgan fingerprint density at radius 1 is 1.11 bits per heavy atom. The molecular formula is C17H26N2. The van der Waals surface area contributed by atoms with E-state index >= 15 is 0 Å². The fourth-order valence-electron chi connectivity index (χ4n) is 3.18. The summed E-state index contributed by atoms with van der Waals surface area (Å²) >= 11 is 0. The molecule has 1 aromatic rings. The normalized spacial score (nSPS) is 23.4. The molecule has 0 radical (unpaired) electrons. The van der Waals surface area contributed by atoms with Crippen molar-refractivity contribution in [1.29, 1.82) is 0 Å². The fraction of sp³-hybridized carbons (Fsp3) is 0.647. The second-order valence-electron chi connectivity index (χ2n) is 6.61. The third-order valence-corrected chi connectivity index (χ3v) is 4.90. The standard InChI is InChI=1S/C17H26N2/c18-17(10-11-17)9-6-15-7-12-19(13-8-15)14-16-4-2-1-3-5-16/h1-5,15H,6-14,18H2. The van der Waals surface area contributed by atoms with Crippen LogP contribution < -0.4 is 5.73 Å². The molecule has 2 aliphatic rings. The molecule has 1 aliphatic heterocycles. The molecule has 1 saturated carbocycles. The van der Waals surface area contributed by atoms with Gasteiger partial charge in [-0.15, -0.1) is 0 Å². The molecule has 0 spiro atoms. The number of hydrogen-bond acceptors (Lipinski definition) is 2. The lowest BCUT2D eigenvalue weighted by molar-refractivity contribution is 0.169. The van der Waals surface area contributed by atoms with Crippen molar-refractivity contribution in [3.63, 3.8) is 0 Å². The first-order chi connectivity index (χ1) is 9.23. The average Bonchev–Trinajstić information content (AvgIpc) is 3.18. The van der Waals surface area contributed by atoms with E-state index in [1.54, 1.807) is 0 Å². The van der Waals surface area contributed by atoms with Gasteiger partial charge >= 0.3 is 0 Å². The molecule has 1 aliphatic carbocycles. The summed E-state index contributed by atoms with van der Waals surface area (Å²) in [6.07, 6.45) is 7.87. The molecule has 104 valence electrons. The summed E-state index contributed by atoms with van der Waals surface area (Å²) in [6, 6.07) is 10.8. The molecule has 0 aromatic heterocycles.